The number of benzene rings is 3. The first-order valence-corrected chi connectivity index (χ1v) is 11.3. The topological polar surface area (TPSA) is 73.9 Å². The van der Waals surface area contributed by atoms with Crippen LogP contribution in [0.1, 0.15) is 17.3 Å². The van der Waals surface area contributed by atoms with Gasteiger partial charge in [-0.25, -0.2) is 4.79 Å². The van der Waals surface area contributed by atoms with E-state index in [4.69, 9.17) is 14.2 Å². The lowest BCUT2D eigenvalue weighted by molar-refractivity contribution is -0.118. The monoisotopic (exact) mass is 461 g/mol. The van der Waals surface area contributed by atoms with Gasteiger partial charge in [0, 0.05) is 10.9 Å². The van der Waals surface area contributed by atoms with Crippen molar-refractivity contribution in [2.45, 2.75) is 6.92 Å². The van der Waals surface area contributed by atoms with E-state index >= 15 is 0 Å². The van der Waals surface area contributed by atoms with Gasteiger partial charge in [0.05, 0.1) is 13.7 Å². The average Bonchev–Trinajstić information content (AvgIpc) is 3.26. The van der Waals surface area contributed by atoms with Crippen LogP contribution in [0.5, 0.6) is 11.5 Å². The first kappa shape index (κ1) is 22.4. The minimum absolute atomic E-state index is 0.184. The van der Waals surface area contributed by atoms with E-state index < -0.39 is 5.97 Å². The smallest absolute Gasteiger partial charge is 0.341 e. The van der Waals surface area contributed by atoms with Crippen LogP contribution < -0.4 is 14.8 Å². The second-order valence-electron chi connectivity index (χ2n) is 7.15. The maximum Gasteiger partial charge on any atom is 0.341 e. The maximum atomic E-state index is 12.7. The Hall–Kier alpha value is -3.84. The fourth-order valence-electron chi connectivity index (χ4n) is 3.41. The highest BCUT2D eigenvalue weighted by atomic mass is 32.1. The first-order valence-electron chi connectivity index (χ1n) is 10.4. The van der Waals surface area contributed by atoms with Crippen molar-refractivity contribution in [3.8, 4) is 22.6 Å². The van der Waals surface area contributed by atoms with Crippen molar-refractivity contribution in [3.63, 3.8) is 0 Å². The van der Waals surface area contributed by atoms with E-state index in [1.54, 1.807) is 14.0 Å². The number of hydrogen-bond acceptors (Lipinski definition) is 6. The van der Waals surface area contributed by atoms with Crippen LogP contribution in [0, 0.1) is 0 Å². The predicted octanol–water partition coefficient (Wildman–Crippen LogP) is 5.77. The normalized spacial score (nSPS) is 10.6. The minimum atomic E-state index is -0.490. The van der Waals surface area contributed by atoms with Crippen LogP contribution in [0.25, 0.3) is 21.9 Å². The van der Waals surface area contributed by atoms with Gasteiger partial charge in [-0.1, -0.05) is 42.5 Å². The van der Waals surface area contributed by atoms with Crippen LogP contribution in [0.2, 0.25) is 0 Å². The Morgan fingerprint density at radius 2 is 1.67 bits per heavy atom. The molecular formula is C26H23NO5S. The summed E-state index contributed by atoms with van der Waals surface area (Å²) in [4.78, 5) is 25.3. The van der Waals surface area contributed by atoms with Crippen molar-refractivity contribution in [1.29, 1.82) is 0 Å². The molecule has 4 rings (SSSR count). The molecule has 168 valence electrons. The Kier molecular flexibility index (Phi) is 6.90. The number of anilines is 1. The Morgan fingerprint density at radius 1 is 0.939 bits per heavy atom. The van der Waals surface area contributed by atoms with E-state index in [9.17, 15) is 9.59 Å². The van der Waals surface area contributed by atoms with E-state index in [2.05, 4.69) is 5.32 Å². The lowest BCUT2D eigenvalue weighted by Crippen LogP contribution is -2.21. The molecule has 0 unspecified atom stereocenters. The first-order chi connectivity index (χ1) is 16.1. The largest absolute Gasteiger partial charge is 0.497 e. The number of esters is 1. The molecule has 0 spiro atoms. The lowest BCUT2D eigenvalue weighted by atomic mass is 10.0. The number of rotatable bonds is 8. The van der Waals surface area contributed by atoms with Crippen LogP contribution in [-0.2, 0) is 9.53 Å². The minimum Gasteiger partial charge on any atom is -0.497 e. The molecule has 3 aromatic carbocycles. The Balaban J connectivity index is 1.51. The summed E-state index contributed by atoms with van der Waals surface area (Å²) >= 11 is 1.27. The van der Waals surface area contributed by atoms with Crippen LogP contribution in [0.3, 0.4) is 0 Å². The third-order valence-corrected chi connectivity index (χ3v) is 5.91. The van der Waals surface area contributed by atoms with Crippen molar-refractivity contribution < 1.29 is 23.8 Å². The molecule has 4 aromatic rings. The molecule has 0 saturated carbocycles. The SMILES string of the molecule is CCOC(=O)c1c(-c2ccc(OC)cc2)csc1NC(=O)COc1ccc2ccccc2c1. The van der Waals surface area contributed by atoms with Gasteiger partial charge in [0.15, 0.2) is 6.61 Å². The van der Waals surface area contributed by atoms with Crippen molar-refractivity contribution in [1.82, 2.24) is 0 Å². The van der Waals surface area contributed by atoms with Gasteiger partial charge in [-0.2, -0.15) is 0 Å². The molecule has 7 heteroatoms. The highest BCUT2D eigenvalue weighted by Gasteiger charge is 2.23. The van der Waals surface area contributed by atoms with E-state index in [1.165, 1.54) is 11.3 Å². The van der Waals surface area contributed by atoms with Crippen molar-refractivity contribution in [3.05, 3.63) is 77.7 Å². The zero-order valence-corrected chi connectivity index (χ0v) is 19.1. The third-order valence-electron chi connectivity index (χ3n) is 5.02. The van der Waals surface area contributed by atoms with Crippen LogP contribution in [0.4, 0.5) is 5.00 Å². The second-order valence-corrected chi connectivity index (χ2v) is 8.03. The Labute approximate surface area is 195 Å². The summed E-state index contributed by atoms with van der Waals surface area (Å²) in [5, 5.41) is 7.17. The number of carbonyl (C=O) groups is 2. The average molecular weight is 462 g/mol. The lowest BCUT2D eigenvalue weighted by Gasteiger charge is -2.10. The number of nitrogens with one attached hydrogen (secondary N) is 1. The number of hydrogen-bond donors (Lipinski definition) is 1. The molecule has 0 bridgehead atoms. The van der Waals surface area contributed by atoms with Crippen LogP contribution >= 0.6 is 11.3 Å². The molecule has 0 saturated heterocycles. The highest BCUT2D eigenvalue weighted by Crippen LogP contribution is 2.37. The summed E-state index contributed by atoms with van der Waals surface area (Å²) in [6.07, 6.45) is 0. The molecule has 0 aliphatic heterocycles. The molecule has 6 nitrogen and oxygen atoms in total. The van der Waals surface area contributed by atoms with Gasteiger partial charge in [0.1, 0.15) is 22.1 Å². The number of amides is 1. The number of fused-ring (bicyclic) bond motifs is 1. The molecule has 33 heavy (non-hydrogen) atoms. The summed E-state index contributed by atoms with van der Waals surface area (Å²) in [5.41, 5.74) is 1.83. The van der Waals surface area contributed by atoms with Gasteiger partial charge in [0.25, 0.3) is 5.91 Å². The number of ether oxygens (including phenoxy) is 3. The third kappa shape index (κ3) is 5.15. The van der Waals surface area contributed by atoms with Gasteiger partial charge in [0.2, 0.25) is 0 Å². The van der Waals surface area contributed by atoms with E-state index in [0.29, 0.717) is 27.6 Å². The van der Waals surface area contributed by atoms with E-state index in [0.717, 1.165) is 16.3 Å². The second kappa shape index (κ2) is 10.2. The Bertz CT molecular complexity index is 1280. The molecule has 1 N–H and O–H groups in total. The predicted molar refractivity (Wildman–Crippen MR) is 130 cm³/mol. The number of thiophene rings is 1. The quantitative estimate of drug-likeness (QED) is 0.337. The van der Waals surface area contributed by atoms with Gasteiger partial charge >= 0.3 is 5.97 Å². The standard InChI is InChI=1S/C26H23NO5S/c1-3-31-26(29)24-22(18-9-11-20(30-2)12-10-18)16-33-25(24)27-23(28)15-32-21-13-8-17-6-4-5-7-19(17)14-21/h4-14,16H,3,15H2,1-2H3,(H,27,28). The molecule has 1 aromatic heterocycles. The molecule has 0 aliphatic rings. The molecule has 1 heterocycles. The fourth-order valence-corrected chi connectivity index (χ4v) is 4.38. The molecule has 0 fully saturated rings. The van der Waals surface area contributed by atoms with Gasteiger partial charge < -0.3 is 19.5 Å². The molecular weight excluding hydrogens is 438 g/mol. The van der Waals surface area contributed by atoms with Gasteiger partial charge in [-0.05, 0) is 47.5 Å². The van der Waals surface area contributed by atoms with Gasteiger partial charge in [-0.3, -0.25) is 4.79 Å². The fraction of sp³-hybridized carbons (Fsp3) is 0.154. The van der Waals surface area contributed by atoms with Crippen molar-refractivity contribution >= 4 is 39.0 Å². The van der Waals surface area contributed by atoms with Crippen molar-refractivity contribution in [2.24, 2.45) is 0 Å². The van der Waals surface area contributed by atoms with E-state index in [1.807, 2.05) is 72.1 Å². The van der Waals surface area contributed by atoms with Gasteiger partial charge in [-0.15, -0.1) is 11.3 Å². The molecule has 0 atom stereocenters. The molecule has 0 radical (unpaired) electrons. The Morgan fingerprint density at radius 3 is 2.39 bits per heavy atom. The number of carbonyl (C=O) groups excluding carboxylic acids is 2. The summed E-state index contributed by atoms with van der Waals surface area (Å²) in [6.45, 7) is 1.79. The van der Waals surface area contributed by atoms with E-state index in [-0.39, 0.29) is 19.1 Å². The maximum absolute atomic E-state index is 12.7. The molecule has 1 amide bonds. The molecule has 0 aliphatic carbocycles. The summed E-state index contributed by atoms with van der Waals surface area (Å²) in [7, 11) is 1.59. The zero-order chi connectivity index (χ0) is 23.2. The van der Waals surface area contributed by atoms with Crippen LogP contribution in [0.15, 0.2) is 72.1 Å². The van der Waals surface area contributed by atoms with Crippen LogP contribution in [-0.4, -0.2) is 32.2 Å². The summed E-state index contributed by atoms with van der Waals surface area (Å²) in [6, 6.07) is 20.9. The summed E-state index contributed by atoms with van der Waals surface area (Å²) < 4.78 is 16.1. The van der Waals surface area contributed by atoms with Crippen molar-refractivity contribution in [2.75, 3.05) is 25.6 Å². The number of methoxy groups -OCH3 is 1. The highest BCUT2D eigenvalue weighted by molar-refractivity contribution is 7.15. The zero-order valence-electron chi connectivity index (χ0n) is 18.3. The summed E-state index contributed by atoms with van der Waals surface area (Å²) in [5.74, 6) is 0.456.